The van der Waals surface area contributed by atoms with Crippen LogP contribution < -0.4 is 10.2 Å². The lowest BCUT2D eigenvalue weighted by Gasteiger charge is -2.24. The van der Waals surface area contributed by atoms with Gasteiger partial charge >= 0.3 is 0 Å². The standard InChI is InChI=1S/C25H35N3O/c1-5-17-28(18-6-2)22-11-9-10-21(20-22)14-15-25(29)23-12-7-8-13-24(23)26-16-19-27(3)4/h7-15,20,26H,5-6,16-19H2,1-4H3/b15-14+. The third kappa shape index (κ3) is 7.39. The summed E-state index contributed by atoms with van der Waals surface area (Å²) in [5, 5.41) is 3.37. The van der Waals surface area contributed by atoms with Gasteiger partial charge in [-0.25, -0.2) is 0 Å². The van der Waals surface area contributed by atoms with E-state index in [2.05, 4.69) is 47.2 Å². The Morgan fingerprint density at radius 1 is 0.966 bits per heavy atom. The molecule has 0 spiro atoms. The number of rotatable bonds is 12. The van der Waals surface area contributed by atoms with Crippen LogP contribution in [0.4, 0.5) is 11.4 Å². The third-order valence-corrected chi connectivity index (χ3v) is 4.72. The van der Waals surface area contributed by atoms with Crippen LogP contribution in [0.25, 0.3) is 6.08 Å². The highest BCUT2D eigenvalue weighted by Crippen LogP contribution is 2.20. The van der Waals surface area contributed by atoms with Crippen LogP contribution in [0.15, 0.2) is 54.6 Å². The minimum atomic E-state index is 0.0160. The van der Waals surface area contributed by atoms with E-state index in [1.54, 1.807) is 6.08 Å². The van der Waals surface area contributed by atoms with Gasteiger partial charge in [-0.05, 0) is 62.8 Å². The van der Waals surface area contributed by atoms with Crippen molar-refractivity contribution in [2.45, 2.75) is 26.7 Å². The van der Waals surface area contributed by atoms with Crippen LogP contribution in [-0.2, 0) is 0 Å². The number of carbonyl (C=O) groups excluding carboxylic acids is 1. The number of hydrogen-bond donors (Lipinski definition) is 1. The van der Waals surface area contributed by atoms with E-state index in [0.29, 0.717) is 5.56 Å². The fraction of sp³-hybridized carbons (Fsp3) is 0.400. The van der Waals surface area contributed by atoms with E-state index in [0.717, 1.165) is 50.3 Å². The zero-order valence-electron chi connectivity index (χ0n) is 18.3. The van der Waals surface area contributed by atoms with Crippen LogP contribution in [0.3, 0.4) is 0 Å². The number of hydrogen-bond acceptors (Lipinski definition) is 4. The highest BCUT2D eigenvalue weighted by atomic mass is 16.1. The van der Waals surface area contributed by atoms with Gasteiger partial charge in [0.05, 0.1) is 0 Å². The van der Waals surface area contributed by atoms with Crippen molar-refractivity contribution in [3.05, 3.63) is 65.7 Å². The third-order valence-electron chi connectivity index (χ3n) is 4.72. The van der Waals surface area contributed by atoms with Gasteiger partial charge in [-0.3, -0.25) is 4.79 Å². The molecule has 0 radical (unpaired) electrons. The van der Waals surface area contributed by atoms with Gasteiger partial charge in [0.2, 0.25) is 0 Å². The normalized spacial score (nSPS) is 11.2. The minimum absolute atomic E-state index is 0.0160. The van der Waals surface area contributed by atoms with Crippen molar-refractivity contribution in [3.8, 4) is 0 Å². The second-order valence-electron chi connectivity index (χ2n) is 7.56. The molecule has 0 fully saturated rings. The predicted octanol–water partition coefficient (Wildman–Crippen LogP) is 5.18. The number of carbonyl (C=O) groups is 1. The van der Waals surface area contributed by atoms with Crippen LogP contribution in [0.1, 0.15) is 42.6 Å². The summed E-state index contributed by atoms with van der Waals surface area (Å²) < 4.78 is 0. The number of para-hydroxylation sites is 1. The number of nitrogens with one attached hydrogen (secondary N) is 1. The molecule has 0 heterocycles. The van der Waals surface area contributed by atoms with E-state index < -0.39 is 0 Å². The van der Waals surface area contributed by atoms with Crippen molar-refractivity contribution >= 4 is 23.2 Å². The lowest BCUT2D eigenvalue weighted by atomic mass is 10.1. The van der Waals surface area contributed by atoms with Crippen molar-refractivity contribution in [2.75, 3.05) is 50.5 Å². The molecule has 156 valence electrons. The number of nitrogens with zero attached hydrogens (tertiary/aromatic N) is 2. The predicted molar refractivity (Wildman–Crippen MR) is 126 cm³/mol. The highest BCUT2D eigenvalue weighted by Gasteiger charge is 2.08. The Morgan fingerprint density at radius 3 is 2.38 bits per heavy atom. The molecule has 2 aromatic carbocycles. The molecule has 0 aliphatic rings. The lowest BCUT2D eigenvalue weighted by molar-refractivity contribution is 0.104. The maximum absolute atomic E-state index is 12.8. The molecule has 0 saturated heterocycles. The maximum atomic E-state index is 12.8. The summed E-state index contributed by atoms with van der Waals surface area (Å²) in [6.45, 7) is 8.22. The van der Waals surface area contributed by atoms with Gasteiger partial charge in [0.1, 0.15) is 0 Å². The molecule has 4 heteroatoms. The van der Waals surface area contributed by atoms with Crippen LogP contribution in [0.2, 0.25) is 0 Å². The van der Waals surface area contributed by atoms with Gasteiger partial charge in [-0.1, -0.05) is 44.2 Å². The summed E-state index contributed by atoms with van der Waals surface area (Å²) in [5.74, 6) is 0.0160. The molecule has 1 N–H and O–H groups in total. The number of ketones is 1. The first-order valence-corrected chi connectivity index (χ1v) is 10.6. The van der Waals surface area contributed by atoms with Gasteiger partial charge in [0.15, 0.2) is 5.78 Å². The number of allylic oxidation sites excluding steroid dienone is 1. The molecule has 0 bridgehead atoms. The van der Waals surface area contributed by atoms with E-state index in [-0.39, 0.29) is 5.78 Å². The summed E-state index contributed by atoms with van der Waals surface area (Å²) in [6, 6.07) is 16.1. The quantitative estimate of drug-likeness (QED) is 0.398. The van der Waals surface area contributed by atoms with Gasteiger partial charge in [0, 0.05) is 43.1 Å². The molecular weight excluding hydrogens is 358 g/mol. The summed E-state index contributed by atoms with van der Waals surface area (Å²) in [5.41, 5.74) is 3.85. The molecule has 0 aliphatic carbocycles. The first-order valence-electron chi connectivity index (χ1n) is 10.6. The van der Waals surface area contributed by atoms with Crippen LogP contribution in [0, 0.1) is 0 Å². The lowest BCUT2D eigenvalue weighted by Crippen LogP contribution is -2.24. The summed E-state index contributed by atoms with van der Waals surface area (Å²) in [7, 11) is 4.08. The van der Waals surface area contributed by atoms with Gasteiger partial charge in [-0.15, -0.1) is 0 Å². The Kier molecular flexibility index (Phi) is 9.45. The molecule has 4 nitrogen and oxygen atoms in total. The summed E-state index contributed by atoms with van der Waals surface area (Å²) in [6.07, 6.45) is 5.83. The zero-order chi connectivity index (χ0) is 21.1. The van der Waals surface area contributed by atoms with E-state index in [9.17, 15) is 4.79 Å². The second kappa shape index (κ2) is 12.1. The summed E-state index contributed by atoms with van der Waals surface area (Å²) >= 11 is 0. The van der Waals surface area contributed by atoms with Gasteiger partial charge in [-0.2, -0.15) is 0 Å². The number of likely N-dealkylation sites (N-methyl/N-ethyl adjacent to an activating group) is 1. The van der Waals surface area contributed by atoms with Crippen molar-refractivity contribution in [3.63, 3.8) is 0 Å². The molecule has 0 unspecified atom stereocenters. The van der Waals surface area contributed by atoms with Crippen molar-refractivity contribution in [1.82, 2.24) is 4.90 Å². The van der Waals surface area contributed by atoms with Crippen molar-refractivity contribution in [1.29, 1.82) is 0 Å². The monoisotopic (exact) mass is 393 g/mol. The fourth-order valence-corrected chi connectivity index (χ4v) is 3.26. The molecule has 2 aromatic rings. The Morgan fingerprint density at radius 2 is 1.69 bits per heavy atom. The van der Waals surface area contributed by atoms with Crippen LogP contribution in [0.5, 0.6) is 0 Å². The van der Waals surface area contributed by atoms with Gasteiger partial charge in [0.25, 0.3) is 0 Å². The van der Waals surface area contributed by atoms with Crippen LogP contribution >= 0.6 is 0 Å². The largest absolute Gasteiger partial charge is 0.383 e. The highest BCUT2D eigenvalue weighted by molar-refractivity contribution is 6.10. The van der Waals surface area contributed by atoms with E-state index in [1.807, 2.05) is 50.5 Å². The molecule has 0 atom stereocenters. The van der Waals surface area contributed by atoms with Crippen LogP contribution in [-0.4, -0.2) is 51.0 Å². The summed E-state index contributed by atoms with van der Waals surface area (Å²) in [4.78, 5) is 17.3. The Bertz CT molecular complexity index is 792. The zero-order valence-corrected chi connectivity index (χ0v) is 18.3. The van der Waals surface area contributed by atoms with Crippen molar-refractivity contribution in [2.24, 2.45) is 0 Å². The molecule has 0 aromatic heterocycles. The maximum Gasteiger partial charge on any atom is 0.187 e. The SMILES string of the molecule is CCCN(CCC)c1cccc(/C=C/C(=O)c2ccccc2NCCN(C)C)c1. The number of anilines is 2. The Balaban J connectivity index is 2.12. The average Bonchev–Trinajstić information content (AvgIpc) is 2.72. The number of benzene rings is 2. The molecule has 0 amide bonds. The Labute approximate surface area is 176 Å². The smallest absolute Gasteiger partial charge is 0.187 e. The molecular formula is C25H35N3O. The fourth-order valence-electron chi connectivity index (χ4n) is 3.26. The van der Waals surface area contributed by atoms with E-state index >= 15 is 0 Å². The minimum Gasteiger partial charge on any atom is -0.383 e. The van der Waals surface area contributed by atoms with Gasteiger partial charge < -0.3 is 15.1 Å². The molecule has 29 heavy (non-hydrogen) atoms. The molecule has 0 saturated carbocycles. The first kappa shape index (κ1) is 22.7. The second-order valence-corrected chi connectivity index (χ2v) is 7.56. The molecule has 0 aliphatic heterocycles. The topological polar surface area (TPSA) is 35.6 Å². The first-order chi connectivity index (χ1) is 14.0. The average molecular weight is 394 g/mol. The van der Waals surface area contributed by atoms with Crippen molar-refractivity contribution < 1.29 is 4.79 Å². The van der Waals surface area contributed by atoms with E-state index in [1.165, 1.54) is 5.69 Å². The molecule has 2 rings (SSSR count). The Hall–Kier alpha value is -2.59. The van der Waals surface area contributed by atoms with E-state index in [4.69, 9.17) is 0 Å².